The molecule has 2 rings (SSSR count). The molecular weight excluding hydrogens is 169 g/mol. The number of fused-ring (bicyclic) bond motifs is 1. The van der Waals surface area contributed by atoms with E-state index in [-0.39, 0.29) is 11.8 Å². The third-order valence-corrected chi connectivity index (χ3v) is 2.58. The number of phenols is 1. The van der Waals surface area contributed by atoms with Crippen LogP contribution in [-0.2, 0) is 6.42 Å². The van der Waals surface area contributed by atoms with Crippen LogP contribution in [0.3, 0.4) is 0 Å². The van der Waals surface area contributed by atoms with E-state index in [1.54, 1.807) is 6.07 Å². The van der Waals surface area contributed by atoms with E-state index in [1.807, 2.05) is 0 Å². The molecule has 3 N–H and O–H groups in total. The Morgan fingerprint density at radius 3 is 3.00 bits per heavy atom. The van der Waals surface area contributed by atoms with Gasteiger partial charge in [-0.15, -0.1) is 0 Å². The van der Waals surface area contributed by atoms with E-state index >= 15 is 0 Å². The Morgan fingerprint density at radius 1 is 1.46 bits per heavy atom. The Labute approximate surface area is 76.2 Å². The highest BCUT2D eigenvalue weighted by atomic mass is 19.1. The minimum absolute atomic E-state index is 0.254. The molecule has 0 amide bonds. The predicted molar refractivity (Wildman–Crippen MR) is 47.9 cm³/mol. The molecule has 0 radical (unpaired) electrons. The van der Waals surface area contributed by atoms with Crippen LogP contribution in [-0.4, -0.2) is 5.11 Å². The molecule has 0 unspecified atom stereocenters. The van der Waals surface area contributed by atoms with Crippen molar-refractivity contribution in [2.24, 2.45) is 5.73 Å². The molecule has 13 heavy (non-hydrogen) atoms. The van der Waals surface area contributed by atoms with Crippen LogP contribution in [0.2, 0.25) is 0 Å². The van der Waals surface area contributed by atoms with E-state index < -0.39 is 5.82 Å². The maximum Gasteiger partial charge on any atom is 0.169 e. The number of nitrogens with two attached hydrogens (primary N) is 1. The highest BCUT2D eigenvalue weighted by Crippen LogP contribution is 2.33. The van der Waals surface area contributed by atoms with E-state index in [9.17, 15) is 4.39 Å². The average Bonchev–Trinajstić information content (AvgIpc) is 2.12. The molecule has 0 heterocycles. The third-order valence-electron chi connectivity index (χ3n) is 2.58. The SMILES string of the molecule is N[C@@H]1CCCc2ccc(O)c(F)c21. The largest absolute Gasteiger partial charge is 0.505 e. The minimum atomic E-state index is -0.537. The quantitative estimate of drug-likeness (QED) is 0.641. The molecule has 1 atom stereocenters. The first kappa shape index (κ1) is 8.51. The first-order valence-corrected chi connectivity index (χ1v) is 4.46. The topological polar surface area (TPSA) is 46.2 Å². The van der Waals surface area contributed by atoms with Crippen LogP contribution in [0.25, 0.3) is 0 Å². The van der Waals surface area contributed by atoms with E-state index in [2.05, 4.69) is 0 Å². The predicted octanol–water partition coefficient (Wildman–Crippen LogP) is 1.87. The lowest BCUT2D eigenvalue weighted by Gasteiger charge is -2.22. The van der Waals surface area contributed by atoms with Crippen LogP contribution in [0.4, 0.5) is 4.39 Å². The Morgan fingerprint density at radius 2 is 2.23 bits per heavy atom. The second-order valence-corrected chi connectivity index (χ2v) is 3.47. The Kier molecular flexibility index (Phi) is 1.96. The van der Waals surface area contributed by atoms with Gasteiger partial charge in [-0.25, -0.2) is 4.39 Å². The second kappa shape index (κ2) is 3.00. The summed E-state index contributed by atoms with van der Waals surface area (Å²) in [6, 6.07) is 2.90. The normalized spacial score (nSPS) is 21.2. The maximum absolute atomic E-state index is 13.4. The molecule has 0 aliphatic heterocycles. The summed E-state index contributed by atoms with van der Waals surface area (Å²) in [4.78, 5) is 0. The van der Waals surface area contributed by atoms with Crippen molar-refractivity contribution in [3.63, 3.8) is 0 Å². The number of phenolic OH excluding ortho intramolecular Hbond substituents is 1. The van der Waals surface area contributed by atoms with Gasteiger partial charge in [-0.3, -0.25) is 0 Å². The molecule has 1 aliphatic carbocycles. The van der Waals surface area contributed by atoms with E-state index in [0.29, 0.717) is 5.56 Å². The van der Waals surface area contributed by atoms with Crippen LogP contribution in [0.15, 0.2) is 12.1 Å². The number of halogens is 1. The molecule has 0 saturated heterocycles. The minimum Gasteiger partial charge on any atom is -0.505 e. The van der Waals surface area contributed by atoms with Crippen LogP contribution in [0.5, 0.6) is 5.75 Å². The van der Waals surface area contributed by atoms with Gasteiger partial charge >= 0.3 is 0 Å². The molecule has 0 fully saturated rings. The number of hydrogen-bond donors (Lipinski definition) is 2. The zero-order valence-corrected chi connectivity index (χ0v) is 7.26. The first-order valence-electron chi connectivity index (χ1n) is 4.46. The fourth-order valence-electron chi connectivity index (χ4n) is 1.90. The van der Waals surface area contributed by atoms with Crippen molar-refractivity contribution in [3.05, 3.63) is 29.1 Å². The van der Waals surface area contributed by atoms with Crippen molar-refractivity contribution < 1.29 is 9.50 Å². The molecule has 1 aliphatic rings. The van der Waals surface area contributed by atoms with Gasteiger partial charge in [-0.05, 0) is 30.9 Å². The van der Waals surface area contributed by atoms with Gasteiger partial charge in [0.2, 0.25) is 0 Å². The maximum atomic E-state index is 13.4. The van der Waals surface area contributed by atoms with Crippen molar-refractivity contribution >= 4 is 0 Å². The van der Waals surface area contributed by atoms with Crippen molar-refractivity contribution in [2.45, 2.75) is 25.3 Å². The van der Waals surface area contributed by atoms with E-state index in [1.165, 1.54) is 6.07 Å². The highest BCUT2D eigenvalue weighted by molar-refractivity contribution is 5.40. The summed E-state index contributed by atoms with van der Waals surface area (Å²) in [5, 5.41) is 9.16. The van der Waals surface area contributed by atoms with Crippen LogP contribution in [0, 0.1) is 5.82 Å². The van der Waals surface area contributed by atoms with Crippen molar-refractivity contribution in [1.29, 1.82) is 0 Å². The molecule has 70 valence electrons. The highest BCUT2D eigenvalue weighted by Gasteiger charge is 2.22. The smallest absolute Gasteiger partial charge is 0.169 e. The Balaban J connectivity index is 2.58. The molecule has 1 aromatic rings. The molecule has 0 aromatic heterocycles. The van der Waals surface area contributed by atoms with Gasteiger partial charge in [0, 0.05) is 11.6 Å². The summed E-state index contributed by atoms with van der Waals surface area (Å²) < 4.78 is 13.4. The summed E-state index contributed by atoms with van der Waals surface area (Å²) in [5.41, 5.74) is 7.21. The zero-order valence-electron chi connectivity index (χ0n) is 7.26. The van der Waals surface area contributed by atoms with Gasteiger partial charge in [0.1, 0.15) is 0 Å². The summed E-state index contributed by atoms with van der Waals surface area (Å²) in [5.74, 6) is -0.833. The van der Waals surface area contributed by atoms with Gasteiger partial charge in [-0.2, -0.15) is 0 Å². The second-order valence-electron chi connectivity index (χ2n) is 3.47. The third kappa shape index (κ3) is 1.29. The first-order chi connectivity index (χ1) is 6.20. The molecule has 3 heteroatoms. The molecule has 0 spiro atoms. The van der Waals surface area contributed by atoms with Crippen molar-refractivity contribution in [3.8, 4) is 5.75 Å². The Bertz CT molecular complexity index is 338. The molecule has 0 saturated carbocycles. The van der Waals surface area contributed by atoms with E-state index in [4.69, 9.17) is 10.8 Å². The van der Waals surface area contributed by atoms with Gasteiger partial charge < -0.3 is 10.8 Å². The average molecular weight is 181 g/mol. The lowest BCUT2D eigenvalue weighted by molar-refractivity contribution is 0.417. The monoisotopic (exact) mass is 181 g/mol. The van der Waals surface area contributed by atoms with Crippen LogP contribution < -0.4 is 5.73 Å². The van der Waals surface area contributed by atoms with E-state index in [0.717, 1.165) is 24.8 Å². The molecule has 2 nitrogen and oxygen atoms in total. The summed E-state index contributed by atoms with van der Waals surface area (Å²) in [7, 11) is 0. The van der Waals surface area contributed by atoms with Gasteiger partial charge in [0.15, 0.2) is 11.6 Å². The lowest BCUT2D eigenvalue weighted by atomic mass is 9.87. The van der Waals surface area contributed by atoms with Gasteiger partial charge in [0.05, 0.1) is 0 Å². The molecule has 0 bridgehead atoms. The standard InChI is InChI=1S/C10H12FNO/c11-10-8(13)5-4-6-2-1-3-7(12)9(6)10/h4-5,7,13H,1-3,12H2/t7-/m1/s1. The fraction of sp³-hybridized carbons (Fsp3) is 0.400. The van der Waals surface area contributed by atoms with Crippen molar-refractivity contribution in [1.82, 2.24) is 0 Å². The fourth-order valence-corrected chi connectivity index (χ4v) is 1.90. The van der Waals surface area contributed by atoms with Crippen LogP contribution in [0.1, 0.15) is 30.0 Å². The number of hydrogen-bond acceptors (Lipinski definition) is 2. The zero-order chi connectivity index (χ0) is 9.42. The number of rotatable bonds is 0. The number of aryl methyl sites for hydroxylation is 1. The Hall–Kier alpha value is -1.09. The molecular formula is C10H12FNO. The van der Waals surface area contributed by atoms with Crippen molar-refractivity contribution in [2.75, 3.05) is 0 Å². The van der Waals surface area contributed by atoms with Gasteiger partial charge in [0.25, 0.3) is 0 Å². The summed E-state index contributed by atoms with van der Waals surface area (Å²) in [6.07, 6.45) is 2.66. The van der Waals surface area contributed by atoms with Gasteiger partial charge in [-0.1, -0.05) is 6.07 Å². The summed E-state index contributed by atoms with van der Waals surface area (Å²) in [6.45, 7) is 0. The van der Waals surface area contributed by atoms with Crippen LogP contribution >= 0.6 is 0 Å². The number of aromatic hydroxyl groups is 1. The summed E-state index contributed by atoms with van der Waals surface area (Å²) >= 11 is 0. The lowest BCUT2D eigenvalue weighted by Crippen LogP contribution is -2.19. The number of benzene rings is 1. The molecule has 1 aromatic carbocycles.